The molecule has 3 rings (SSSR count). The average molecular weight is 198 g/mol. The lowest BCUT2D eigenvalue weighted by Gasteiger charge is -2.46. The number of hydrogen-bond donors (Lipinski definition) is 1. The molecule has 4 nitrogen and oxygen atoms in total. The zero-order chi connectivity index (χ0) is 10.1. The molecule has 0 aromatic carbocycles. The lowest BCUT2D eigenvalue weighted by Crippen LogP contribution is -2.54. The summed E-state index contributed by atoms with van der Waals surface area (Å²) in [5.41, 5.74) is 5.33. The zero-order valence-electron chi connectivity index (χ0n) is 8.61. The van der Waals surface area contributed by atoms with E-state index in [0.717, 1.165) is 6.54 Å². The molecule has 3 fully saturated rings. The fourth-order valence-corrected chi connectivity index (χ4v) is 2.86. The number of hydrogen-bond acceptors (Lipinski definition) is 3. The Kier molecular flexibility index (Phi) is 2.74. The summed E-state index contributed by atoms with van der Waals surface area (Å²) in [6.07, 6.45) is 2.00. The van der Waals surface area contributed by atoms with Crippen LogP contribution in [-0.2, 0) is 9.53 Å². The number of ether oxygens (including phenoxy) is 1. The lowest BCUT2D eigenvalue weighted by molar-refractivity contribution is -0.136. The minimum Gasteiger partial charge on any atom is -0.371 e. The van der Waals surface area contributed by atoms with Crippen molar-refractivity contribution in [3.05, 3.63) is 0 Å². The molecule has 2 bridgehead atoms. The zero-order valence-corrected chi connectivity index (χ0v) is 8.61. The van der Waals surface area contributed by atoms with Gasteiger partial charge in [0.2, 0.25) is 5.91 Å². The molecule has 0 spiro atoms. The van der Waals surface area contributed by atoms with Crippen LogP contribution in [0.5, 0.6) is 0 Å². The van der Waals surface area contributed by atoms with Crippen molar-refractivity contribution in [1.82, 2.24) is 4.90 Å². The average Bonchev–Trinajstić information content (AvgIpc) is 2.20. The Labute approximate surface area is 84.4 Å². The Bertz CT molecular complexity index is 224. The van der Waals surface area contributed by atoms with E-state index in [0.29, 0.717) is 11.8 Å². The van der Waals surface area contributed by atoms with E-state index in [1.54, 1.807) is 7.11 Å². The first-order chi connectivity index (χ1) is 6.72. The van der Waals surface area contributed by atoms with Crippen molar-refractivity contribution in [2.24, 2.45) is 17.6 Å². The van der Waals surface area contributed by atoms with Gasteiger partial charge in [0.25, 0.3) is 0 Å². The molecule has 1 amide bonds. The molecule has 0 aromatic heterocycles. The lowest BCUT2D eigenvalue weighted by atomic mass is 9.76. The highest BCUT2D eigenvalue weighted by Crippen LogP contribution is 2.34. The van der Waals surface area contributed by atoms with Gasteiger partial charge in [-0.2, -0.15) is 0 Å². The monoisotopic (exact) mass is 198 g/mol. The number of amides is 1. The van der Waals surface area contributed by atoms with Crippen LogP contribution in [0.15, 0.2) is 0 Å². The number of primary amides is 1. The number of fused-ring (bicyclic) bond motifs is 3. The van der Waals surface area contributed by atoms with Crippen LogP contribution in [0.3, 0.4) is 0 Å². The normalized spacial score (nSPS) is 38.2. The van der Waals surface area contributed by atoms with Crippen LogP contribution in [0.2, 0.25) is 0 Å². The summed E-state index contributed by atoms with van der Waals surface area (Å²) >= 11 is 0. The minimum absolute atomic E-state index is 0.314. The Morgan fingerprint density at radius 1 is 1.50 bits per heavy atom. The van der Waals surface area contributed by atoms with E-state index >= 15 is 0 Å². The number of carbonyl (C=O) groups excluding carboxylic acids is 1. The van der Waals surface area contributed by atoms with E-state index < -0.39 is 0 Å². The molecule has 2 unspecified atom stereocenters. The van der Waals surface area contributed by atoms with E-state index in [4.69, 9.17) is 10.5 Å². The molecule has 2 N–H and O–H groups in total. The molecule has 0 saturated carbocycles. The molecule has 3 heterocycles. The number of carbonyl (C=O) groups is 1. The van der Waals surface area contributed by atoms with Crippen LogP contribution < -0.4 is 5.73 Å². The van der Waals surface area contributed by atoms with E-state index in [9.17, 15) is 4.79 Å². The summed E-state index contributed by atoms with van der Waals surface area (Å²) in [6.45, 7) is 3.33. The predicted molar refractivity (Wildman–Crippen MR) is 52.6 cm³/mol. The van der Waals surface area contributed by atoms with E-state index in [1.165, 1.54) is 25.9 Å². The standard InChI is InChI=1S/C10H18N2O2/c1-14-9(10(11)13)8-6-12-4-2-7(8)3-5-12/h7-9H,2-6H2,1H3,(H2,11,13). The second-order valence-corrected chi connectivity index (χ2v) is 4.36. The molecule has 14 heavy (non-hydrogen) atoms. The second kappa shape index (κ2) is 3.87. The summed E-state index contributed by atoms with van der Waals surface area (Å²) in [5.74, 6) is 0.642. The van der Waals surface area contributed by atoms with Crippen molar-refractivity contribution in [2.45, 2.75) is 18.9 Å². The van der Waals surface area contributed by atoms with E-state index in [2.05, 4.69) is 4.90 Å². The number of nitrogens with zero attached hydrogens (tertiary/aromatic N) is 1. The highest BCUT2D eigenvalue weighted by molar-refractivity contribution is 5.79. The largest absolute Gasteiger partial charge is 0.371 e. The van der Waals surface area contributed by atoms with E-state index in [1.807, 2.05) is 0 Å². The minimum atomic E-state index is -0.386. The van der Waals surface area contributed by atoms with Crippen molar-refractivity contribution < 1.29 is 9.53 Å². The number of methoxy groups -OCH3 is 1. The van der Waals surface area contributed by atoms with Crippen molar-refractivity contribution >= 4 is 5.91 Å². The van der Waals surface area contributed by atoms with Crippen LogP contribution in [0.4, 0.5) is 0 Å². The first-order valence-electron chi connectivity index (χ1n) is 5.27. The van der Waals surface area contributed by atoms with Gasteiger partial charge < -0.3 is 15.4 Å². The summed E-state index contributed by atoms with van der Waals surface area (Å²) in [7, 11) is 1.58. The molecule has 3 aliphatic rings. The molecule has 80 valence electrons. The molecular formula is C10H18N2O2. The van der Waals surface area contributed by atoms with Crippen LogP contribution in [0, 0.1) is 11.8 Å². The smallest absolute Gasteiger partial charge is 0.246 e. The highest BCUT2D eigenvalue weighted by atomic mass is 16.5. The number of rotatable bonds is 3. The van der Waals surface area contributed by atoms with Crippen LogP contribution in [0.1, 0.15) is 12.8 Å². The van der Waals surface area contributed by atoms with Gasteiger partial charge in [-0.25, -0.2) is 0 Å². The summed E-state index contributed by atoms with van der Waals surface area (Å²) in [6, 6.07) is 0. The van der Waals surface area contributed by atoms with Gasteiger partial charge in [-0.05, 0) is 31.8 Å². The van der Waals surface area contributed by atoms with Crippen molar-refractivity contribution in [1.29, 1.82) is 0 Å². The van der Waals surface area contributed by atoms with Crippen LogP contribution in [0.25, 0.3) is 0 Å². The van der Waals surface area contributed by atoms with Crippen molar-refractivity contribution in [2.75, 3.05) is 26.7 Å². The molecule has 0 radical (unpaired) electrons. The fraction of sp³-hybridized carbons (Fsp3) is 0.900. The van der Waals surface area contributed by atoms with Crippen LogP contribution in [-0.4, -0.2) is 43.7 Å². The first-order valence-corrected chi connectivity index (χ1v) is 5.27. The van der Waals surface area contributed by atoms with Gasteiger partial charge in [-0.3, -0.25) is 4.79 Å². The Morgan fingerprint density at radius 2 is 2.14 bits per heavy atom. The maximum atomic E-state index is 11.2. The SMILES string of the molecule is COC(C(N)=O)C1CN2CCC1CC2. The molecule has 4 heteroatoms. The third kappa shape index (κ3) is 1.64. The fourth-order valence-electron chi connectivity index (χ4n) is 2.86. The van der Waals surface area contributed by atoms with Gasteiger partial charge >= 0.3 is 0 Å². The number of piperidine rings is 3. The Morgan fingerprint density at radius 3 is 2.50 bits per heavy atom. The Balaban J connectivity index is 2.06. The maximum absolute atomic E-state index is 11.2. The topological polar surface area (TPSA) is 55.6 Å². The molecule has 3 saturated heterocycles. The molecule has 2 atom stereocenters. The predicted octanol–water partition coefficient (Wildman–Crippen LogP) is -0.171. The van der Waals surface area contributed by atoms with Gasteiger partial charge in [0, 0.05) is 19.6 Å². The first kappa shape index (κ1) is 9.93. The summed E-state index contributed by atoms with van der Waals surface area (Å²) in [5, 5.41) is 0. The van der Waals surface area contributed by atoms with Gasteiger partial charge in [0.15, 0.2) is 0 Å². The molecule has 0 aromatic rings. The second-order valence-electron chi connectivity index (χ2n) is 4.36. The van der Waals surface area contributed by atoms with Crippen molar-refractivity contribution in [3.8, 4) is 0 Å². The molecular weight excluding hydrogens is 180 g/mol. The quantitative estimate of drug-likeness (QED) is 0.685. The maximum Gasteiger partial charge on any atom is 0.246 e. The van der Waals surface area contributed by atoms with Gasteiger partial charge in [0.05, 0.1) is 0 Å². The highest BCUT2D eigenvalue weighted by Gasteiger charge is 2.40. The van der Waals surface area contributed by atoms with Crippen molar-refractivity contribution in [3.63, 3.8) is 0 Å². The summed E-state index contributed by atoms with van der Waals surface area (Å²) < 4.78 is 5.20. The van der Waals surface area contributed by atoms with E-state index in [-0.39, 0.29) is 12.0 Å². The third-order valence-electron chi connectivity index (χ3n) is 3.63. The van der Waals surface area contributed by atoms with Crippen LogP contribution >= 0.6 is 0 Å². The number of nitrogens with two attached hydrogens (primary N) is 1. The van der Waals surface area contributed by atoms with Gasteiger partial charge in [-0.1, -0.05) is 0 Å². The molecule has 0 aliphatic carbocycles. The third-order valence-corrected chi connectivity index (χ3v) is 3.63. The Hall–Kier alpha value is -0.610. The van der Waals surface area contributed by atoms with Gasteiger partial charge in [-0.15, -0.1) is 0 Å². The summed E-state index contributed by atoms with van der Waals surface area (Å²) in [4.78, 5) is 13.6. The van der Waals surface area contributed by atoms with Gasteiger partial charge in [0.1, 0.15) is 6.10 Å². The molecule has 3 aliphatic heterocycles.